The number of carbonyl (C=O) groups excluding carboxylic acids is 1. The van der Waals surface area contributed by atoms with Gasteiger partial charge in [-0.3, -0.25) is 4.79 Å². The van der Waals surface area contributed by atoms with E-state index in [0.29, 0.717) is 10.6 Å². The van der Waals surface area contributed by atoms with Crippen LogP contribution in [0.25, 0.3) is 10.2 Å². The highest BCUT2D eigenvalue weighted by molar-refractivity contribution is 9.10. The SMILES string of the molecule is CSCCn1c(=NC(=O)COc2ccccc2)sc2cc(Br)ccc21. The summed E-state index contributed by atoms with van der Waals surface area (Å²) >= 11 is 6.79. The van der Waals surface area contributed by atoms with Crippen molar-refractivity contribution in [1.29, 1.82) is 0 Å². The lowest BCUT2D eigenvalue weighted by atomic mass is 10.3. The Hall–Kier alpha value is -1.57. The second kappa shape index (κ2) is 8.69. The highest BCUT2D eigenvalue weighted by Crippen LogP contribution is 2.22. The number of nitrogens with zero attached hydrogens (tertiary/aromatic N) is 2. The van der Waals surface area contributed by atoms with E-state index in [4.69, 9.17) is 4.74 Å². The molecule has 0 aliphatic heterocycles. The van der Waals surface area contributed by atoms with E-state index in [2.05, 4.69) is 43.9 Å². The molecule has 7 heteroatoms. The molecule has 4 nitrogen and oxygen atoms in total. The number of benzene rings is 2. The van der Waals surface area contributed by atoms with E-state index in [-0.39, 0.29) is 12.5 Å². The van der Waals surface area contributed by atoms with Crippen LogP contribution in [0.1, 0.15) is 0 Å². The highest BCUT2D eigenvalue weighted by Gasteiger charge is 2.09. The average molecular weight is 437 g/mol. The molecule has 1 heterocycles. The van der Waals surface area contributed by atoms with Gasteiger partial charge in [0.25, 0.3) is 5.91 Å². The number of hydrogen-bond acceptors (Lipinski definition) is 4. The molecule has 1 amide bonds. The quantitative estimate of drug-likeness (QED) is 0.577. The number of hydrogen-bond donors (Lipinski definition) is 0. The second-order valence-corrected chi connectivity index (χ2v) is 8.16. The van der Waals surface area contributed by atoms with Gasteiger partial charge < -0.3 is 9.30 Å². The van der Waals surface area contributed by atoms with Gasteiger partial charge in [-0.25, -0.2) is 0 Å². The number of ether oxygens (including phenoxy) is 1. The Labute approximate surface area is 162 Å². The first-order chi connectivity index (χ1) is 12.2. The van der Waals surface area contributed by atoms with Crippen LogP contribution in [-0.2, 0) is 11.3 Å². The molecule has 0 atom stereocenters. The number of rotatable bonds is 6. The Morgan fingerprint density at radius 2 is 2.08 bits per heavy atom. The predicted molar refractivity (Wildman–Crippen MR) is 108 cm³/mol. The number of thiazole rings is 1. The van der Waals surface area contributed by atoms with E-state index in [9.17, 15) is 4.79 Å². The van der Waals surface area contributed by atoms with Crippen molar-refractivity contribution in [2.24, 2.45) is 4.99 Å². The van der Waals surface area contributed by atoms with Crippen molar-refractivity contribution in [1.82, 2.24) is 4.57 Å². The second-order valence-electron chi connectivity index (χ2n) is 5.25. The Morgan fingerprint density at radius 3 is 2.84 bits per heavy atom. The maximum absolute atomic E-state index is 12.2. The van der Waals surface area contributed by atoms with Crippen LogP contribution in [0, 0.1) is 0 Å². The minimum Gasteiger partial charge on any atom is -0.484 e. The Morgan fingerprint density at radius 1 is 1.28 bits per heavy atom. The zero-order chi connectivity index (χ0) is 17.6. The molecule has 25 heavy (non-hydrogen) atoms. The van der Waals surface area contributed by atoms with Gasteiger partial charge in [0, 0.05) is 16.8 Å². The molecule has 0 saturated heterocycles. The van der Waals surface area contributed by atoms with E-state index in [0.717, 1.165) is 27.0 Å². The number of carbonyl (C=O) groups is 1. The largest absolute Gasteiger partial charge is 0.484 e. The third kappa shape index (κ3) is 4.74. The van der Waals surface area contributed by atoms with Crippen LogP contribution in [-0.4, -0.2) is 29.1 Å². The van der Waals surface area contributed by atoms with Crippen molar-refractivity contribution in [3.8, 4) is 5.75 Å². The first-order valence-corrected chi connectivity index (χ1v) is 10.7. The fourth-order valence-electron chi connectivity index (χ4n) is 2.33. The molecule has 0 bridgehead atoms. The lowest BCUT2D eigenvalue weighted by molar-refractivity contribution is -0.120. The summed E-state index contributed by atoms with van der Waals surface area (Å²) in [6.07, 6.45) is 2.07. The topological polar surface area (TPSA) is 43.6 Å². The molecule has 0 N–H and O–H groups in total. The molecule has 2 aromatic carbocycles. The molecule has 3 aromatic rings. The summed E-state index contributed by atoms with van der Waals surface area (Å²) in [5, 5.41) is 0. The van der Waals surface area contributed by atoms with Crippen molar-refractivity contribution in [3.05, 3.63) is 57.8 Å². The van der Waals surface area contributed by atoms with Crippen molar-refractivity contribution in [2.75, 3.05) is 18.6 Å². The van der Waals surface area contributed by atoms with Gasteiger partial charge in [0.05, 0.1) is 10.2 Å². The Balaban J connectivity index is 1.87. The summed E-state index contributed by atoms with van der Waals surface area (Å²) in [4.78, 5) is 17.2. The molecule has 130 valence electrons. The summed E-state index contributed by atoms with van der Waals surface area (Å²) in [6.45, 7) is 0.749. The lowest BCUT2D eigenvalue weighted by Crippen LogP contribution is -2.20. The zero-order valence-electron chi connectivity index (χ0n) is 13.6. The number of amides is 1. The van der Waals surface area contributed by atoms with E-state index >= 15 is 0 Å². The average Bonchev–Trinajstić information content (AvgIpc) is 2.95. The third-order valence-electron chi connectivity index (χ3n) is 3.49. The van der Waals surface area contributed by atoms with Crippen LogP contribution >= 0.6 is 39.0 Å². The lowest BCUT2D eigenvalue weighted by Gasteiger charge is -2.04. The van der Waals surface area contributed by atoms with Crippen LogP contribution in [0.4, 0.5) is 0 Å². The van der Waals surface area contributed by atoms with Crippen LogP contribution in [0.15, 0.2) is 58.0 Å². The fraction of sp³-hybridized carbons (Fsp3) is 0.222. The summed E-state index contributed by atoms with van der Waals surface area (Å²) in [5.41, 5.74) is 1.10. The van der Waals surface area contributed by atoms with Gasteiger partial charge in [0.15, 0.2) is 11.4 Å². The fourth-order valence-corrected chi connectivity index (χ4v) is 4.32. The van der Waals surface area contributed by atoms with Gasteiger partial charge >= 0.3 is 0 Å². The molecule has 0 radical (unpaired) electrons. The number of aromatic nitrogens is 1. The molecule has 1 aromatic heterocycles. The number of thioether (sulfide) groups is 1. The van der Waals surface area contributed by atoms with Crippen molar-refractivity contribution < 1.29 is 9.53 Å². The first kappa shape index (κ1) is 18.2. The highest BCUT2D eigenvalue weighted by atomic mass is 79.9. The Kier molecular flexibility index (Phi) is 6.34. The van der Waals surface area contributed by atoms with E-state index < -0.39 is 0 Å². The molecule has 3 rings (SSSR count). The normalized spacial score (nSPS) is 11.8. The minimum absolute atomic E-state index is 0.0650. The van der Waals surface area contributed by atoms with Crippen LogP contribution < -0.4 is 9.54 Å². The van der Waals surface area contributed by atoms with Crippen molar-refractivity contribution in [2.45, 2.75) is 6.54 Å². The van der Waals surface area contributed by atoms with E-state index in [1.807, 2.05) is 36.4 Å². The molecule has 0 unspecified atom stereocenters. The van der Waals surface area contributed by atoms with Crippen molar-refractivity contribution >= 4 is 55.2 Å². The summed E-state index contributed by atoms with van der Waals surface area (Å²) < 4.78 is 9.72. The maximum Gasteiger partial charge on any atom is 0.286 e. The molecule has 0 aliphatic rings. The molecular formula is C18H17BrN2O2S2. The molecule has 0 fully saturated rings. The predicted octanol–water partition coefficient (Wildman–Crippen LogP) is 4.33. The smallest absolute Gasteiger partial charge is 0.286 e. The van der Waals surface area contributed by atoms with Crippen LogP contribution in [0.3, 0.4) is 0 Å². The number of para-hydroxylation sites is 1. The number of aryl methyl sites for hydroxylation is 1. The standard InChI is InChI=1S/C18H17BrN2O2S2/c1-24-10-9-21-15-8-7-13(19)11-16(15)25-18(21)20-17(22)12-23-14-5-3-2-4-6-14/h2-8,11H,9-10,12H2,1H3. The van der Waals surface area contributed by atoms with Crippen LogP contribution in [0.5, 0.6) is 5.75 Å². The summed E-state index contributed by atoms with van der Waals surface area (Å²) in [7, 11) is 0. The summed E-state index contributed by atoms with van der Waals surface area (Å²) in [6, 6.07) is 15.4. The van der Waals surface area contributed by atoms with Gasteiger partial charge in [-0.05, 0) is 36.6 Å². The monoisotopic (exact) mass is 436 g/mol. The Bertz CT molecular complexity index is 935. The maximum atomic E-state index is 12.2. The summed E-state index contributed by atoms with van der Waals surface area (Å²) in [5.74, 6) is 1.35. The van der Waals surface area contributed by atoms with Gasteiger partial charge in [0.1, 0.15) is 5.75 Å². The molecular weight excluding hydrogens is 420 g/mol. The van der Waals surface area contributed by atoms with Gasteiger partial charge in [0.2, 0.25) is 0 Å². The third-order valence-corrected chi connectivity index (χ3v) is 5.61. The molecule has 0 aliphatic carbocycles. The minimum atomic E-state index is -0.285. The van der Waals surface area contributed by atoms with E-state index in [1.165, 1.54) is 11.3 Å². The number of fused-ring (bicyclic) bond motifs is 1. The van der Waals surface area contributed by atoms with Crippen LogP contribution in [0.2, 0.25) is 0 Å². The molecule has 0 saturated carbocycles. The van der Waals surface area contributed by atoms with Gasteiger partial charge in [-0.15, -0.1) is 0 Å². The van der Waals surface area contributed by atoms with Gasteiger partial charge in [-0.2, -0.15) is 16.8 Å². The molecule has 0 spiro atoms. The van der Waals surface area contributed by atoms with Crippen molar-refractivity contribution in [3.63, 3.8) is 0 Å². The van der Waals surface area contributed by atoms with Gasteiger partial charge in [-0.1, -0.05) is 45.5 Å². The number of halogens is 1. The zero-order valence-corrected chi connectivity index (χ0v) is 16.9. The first-order valence-electron chi connectivity index (χ1n) is 7.70. The van der Waals surface area contributed by atoms with E-state index in [1.54, 1.807) is 11.8 Å².